The molecule has 0 amide bonds. The van der Waals surface area contributed by atoms with Gasteiger partial charge in [0.15, 0.2) is 23.3 Å². The number of para-hydroxylation sites is 2. The van der Waals surface area contributed by atoms with Gasteiger partial charge in [-0.2, -0.15) is 5.26 Å². The molecular weight excluding hydrogens is 874 g/mol. The molecule has 0 atom stereocenters. The average Bonchev–Trinajstić information content (AvgIpc) is 3.92. The lowest BCUT2D eigenvalue weighted by Gasteiger charge is -2.20. The maximum atomic E-state index is 16.5. The van der Waals surface area contributed by atoms with E-state index in [-0.39, 0.29) is 22.5 Å². The van der Waals surface area contributed by atoms with Crippen LogP contribution in [0.5, 0.6) is 0 Å². The molecule has 0 saturated carbocycles. The predicted octanol–water partition coefficient (Wildman–Crippen LogP) is 15.6. The summed E-state index contributed by atoms with van der Waals surface area (Å²) in [7, 11) is 0. The second-order valence-electron chi connectivity index (χ2n) is 16.6. The second-order valence-corrected chi connectivity index (χ2v) is 16.6. The number of pyridine rings is 2. The van der Waals surface area contributed by atoms with Crippen LogP contribution < -0.4 is 0 Å². The molecule has 4 aromatic heterocycles. The first-order chi connectivity index (χ1) is 33.8. The summed E-state index contributed by atoms with van der Waals surface area (Å²) in [5.41, 5.74) is 8.04. The fraction of sp³-hybridized carbons (Fsp3) is 0. The number of nitriles is 1. The summed E-state index contributed by atoms with van der Waals surface area (Å²) >= 11 is 0. The minimum Gasteiger partial charge on any atom is -0.309 e. The van der Waals surface area contributed by atoms with Crippen molar-refractivity contribution in [1.29, 1.82) is 5.26 Å². The van der Waals surface area contributed by atoms with Gasteiger partial charge in [0.05, 0.1) is 56.0 Å². The molecular formula is C59H32F5N5. The molecule has 0 aliphatic rings. The summed E-state index contributed by atoms with van der Waals surface area (Å²) in [5, 5.41) is 14.2. The van der Waals surface area contributed by atoms with Crippen molar-refractivity contribution in [3.05, 3.63) is 229 Å². The molecule has 12 aromatic rings. The van der Waals surface area contributed by atoms with E-state index in [1.165, 1.54) is 12.1 Å². The number of fused-ring (bicyclic) bond motifs is 6. The van der Waals surface area contributed by atoms with Crippen molar-refractivity contribution in [2.45, 2.75) is 0 Å². The Morgan fingerprint density at radius 2 is 0.797 bits per heavy atom. The van der Waals surface area contributed by atoms with Crippen LogP contribution in [-0.4, -0.2) is 19.1 Å². The minimum absolute atomic E-state index is 0.0249. The van der Waals surface area contributed by atoms with Gasteiger partial charge in [-0.25, -0.2) is 22.0 Å². The number of aromatic nitrogens is 4. The highest BCUT2D eigenvalue weighted by atomic mass is 19.2. The van der Waals surface area contributed by atoms with Crippen molar-refractivity contribution < 1.29 is 22.0 Å². The third-order valence-electron chi connectivity index (χ3n) is 12.9. The van der Waals surface area contributed by atoms with Crippen LogP contribution >= 0.6 is 0 Å². The van der Waals surface area contributed by atoms with Crippen molar-refractivity contribution >= 4 is 43.6 Å². The molecule has 8 aromatic carbocycles. The molecule has 4 heterocycles. The smallest absolute Gasteiger partial charge is 0.200 e. The molecule has 0 aliphatic heterocycles. The topological polar surface area (TPSA) is 59.4 Å². The summed E-state index contributed by atoms with van der Waals surface area (Å²) in [6, 6.07) is 58.9. The maximum Gasteiger partial charge on any atom is 0.200 e. The van der Waals surface area contributed by atoms with Crippen LogP contribution in [0.2, 0.25) is 0 Å². The van der Waals surface area contributed by atoms with Crippen molar-refractivity contribution in [3.63, 3.8) is 0 Å². The van der Waals surface area contributed by atoms with Gasteiger partial charge in [0.25, 0.3) is 0 Å². The lowest BCUT2D eigenvalue weighted by atomic mass is 9.97. The molecule has 69 heavy (non-hydrogen) atoms. The highest BCUT2D eigenvalue weighted by Gasteiger charge is 2.31. The van der Waals surface area contributed by atoms with Gasteiger partial charge in [-0.15, -0.1) is 0 Å². The average molecular weight is 906 g/mol. The van der Waals surface area contributed by atoms with Crippen LogP contribution in [0, 0.1) is 40.4 Å². The van der Waals surface area contributed by atoms with Crippen LogP contribution in [0.25, 0.3) is 111 Å². The van der Waals surface area contributed by atoms with Gasteiger partial charge < -0.3 is 9.13 Å². The Morgan fingerprint density at radius 3 is 1.29 bits per heavy atom. The number of benzene rings is 8. The Bertz CT molecular complexity index is 4070. The molecule has 0 radical (unpaired) electrons. The zero-order valence-electron chi connectivity index (χ0n) is 36.1. The van der Waals surface area contributed by atoms with Crippen LogP contribution in [0.4, 0.5) is 22.0 Å². The van der Waals surface area contributed by atoms with E-state index < -0.39 is 34.6 Å². The van der Waals surface area contributed by atoms with Gasteiger partial charge >= 0.3 is 0 Å². The molecule has 12 rings (SSSR count). The number of halogens is 5. The summed E-state index contributed by atoms with van der Waals surface area (Å²) < 4.78 is 82.2. The molecule has 0 unspecified atom stereocenters. The zero-order valence-corrected chi connectivity index (χ0v) is 36.1. The fourth-order valence-corrected chi connectivity index (χ4v) is 9.81. The van der Waals surface area contributed by atoms with E-state index in [2.05, 4.69) is 6.07 Å². The Labute approximate surface area is 390 Å². The van der Waals surface area contributed by atoms with Crippen LogP contribution in [0.3, 0.4) is 0 Å². The van der Waals surface area contributed by atoms with Crippen molar-refractivity contribution in [1.82, 2.24) is 19.1 Å². The van der Waals surface area contributed by atoms with Gasteiger partial charge in [-0.1, -0.05) is 121 Å². The summed E-state index contributed by atoms with van der Waals surface area (Å²) in [6.07, 6.45) is 3.47. The van der Waals surface area contributed by atoms with Crippen LogP contribution in [-0.2, 0) is 0 Å². The molecule has 328 valence electrons. The quantitative estimate of drug-likeness (QED) is 0.0909. The third kappa shape index (κ3) is 6.50. The van der Waals surface area contributed by atoms with Crippen LogP contribution in [0.1, 0.15) is 5.56 Å². The lowest BCUT2D eigenvalue weighted by Crippen LogP contribution is -2.08. The lowest BCUT2D eigenvalue weighted by molar-refractivity contribution is 0.381. The predicted molar refractivity (Wildman–Crippen MR) is 262 cm³/mol. The van der Waals surface area contributed by atoms with E-state index in [1.54, 1.807) is 27.6 Å². The first-order valence-electron chi connectivity index (χ1n) is 22.0. The molecule has 0 fully saturated rings. The van der Waals surface area contributed by atoms with Gasteiger partial charge in [0.1, 0.15) is 6.07 Å². The number of hydrogen-bond donors (Lipinski definition) is 0. The molecule has 0 aliphatic carbocycles. The molecule has 0 N–H and O–H groups in total. The third-order valence-corrected chi connectivity index (χ3v) is 12.9. The maximum absolute atomic E-state index is 16.5. The monoisotopic (exact) mass is 905 g/mol. The highest BCUT2D eigenvalue weighted by molar-refractivity contribution is 6.13. The first kappa shape index (κ1) is 41.2. The number of rotatable bonds is 7. The second kappa shape index (κ2) is 16.3. The van der Waals surface area contributed by atoms with Crippen molar-refractivity contribution in [2.24, 2.45) is 0 Å². The largest absolute Gasteiger partial charge is 0.309 e. The Balaban J connectivity index is 1.13. The summed E-state index contributed by atoms with van der Waals surface area (Å²) in [4.78, 5) is 9.45. The Kier molecular flexibility index (Phi) is 9.74. The molecule has 5 nitrogen and oxygen atoms in total. The van der Waals surface area contributed by atoms with Gasteiger partial charge in [0.2, 0.25) is 5.82 Å². The Hall–Kier alpha value is -9.20. The molecule has 0 bridgehead atoms. The molecule has 0 spiro atoms. The highest BCUT2D eigenvalue weighted by Crippen LogP contribution is 2.45. The Morgan fingerprint density at radius 1 is 0.362 bits per heavy atom. The van der Waals surface area contributed by atoms with Crippen LogP contribution in [0.15, 0.2) is 194 Å². The van der Waals surface area contributed by atoms with E-state index in [4.69, 9.17) is 9.97 Å². The number of nitrogens with zero attached hydrogens (tertiary/aromatic N) is 5. The standard InChI is InChI=1S/C59H32F5N5/c60-53-52(54(61)56(63)57(64)55(53)62)45-32-50(68-46-21-9-7-17-41(46)43-29-36(23-25-48(43)68)39-19-11-27-66-58(39)34-13-3-1-4-14-34)38(33-65)31-51(45)69-47-22-10-8-18-42(47)44-30-37(24-26-49(44)69)40-20-12-28-67-59(40)35-15-5-2-6-16-35/h1-32H. The van der Waals surface area contributed by atoms with E-state index in [0.29, 0.717) is 22.1 Å². The van der Waals surface area contributed by atoms with E-state index >= 15 is 17.6 Å². The van der Waals surface area contributed by atoms with Gasteiger partial charge in [-0.3, -0.25) is 9.97 Å². The molecule has 10 heteroatoms. The number of hydrogen-bond acceptors (Lipinski definition) is 3. The van der Waals surface area contributed by atoms with E-state index in [1.807, 2.05) is 164 Å². The van der Waals surface area contributed by atoms with Gasteiger partial charge in [-0.05, 0) is 71.8 Å². The normalized spacial score (nSPS) is 11.5. The molecule has 0 saturated heterocycles. The van der Waals surface area contributed by atoms with Crippen molar-refractivity contribution in [2.75, 3.05) is 0 Å². The van der Waals surface area contributed by atoms with E-state index in [9.17, 15) is 9.65 Å². The fourth-order valence-electron chi connectivity index (χ4n) is 9.81. The summed E-state index contributed by atoms with van der Waals surface area (Å²) in [5.74, 6) is -10.5. The SMILES string of the molecule is N#Cc1cc(-n2c3ccccc3c3cc(-c4cccnc4-c4ccccc4)ccc32)c(-c2c(F)c(F)c(F)c(F)c2F)cc1-n1c2ccccc2c2cc(-c3cccnc3-c3ccccc3)ccc21. The minimum atomic E-state index is -2.28. The van der Waals surface area contributed by atoms with Gasteiger partial charge in [0, 0.05) is 61.8 Å². The zero-order chi connectivity index (χ0) is 46.9. The summed E-state index contributed by atoms with van der Waals surface area (Å²) in [6.45, 7) is 0. The first-order valence-corrected chi connectivity index (χ1v) is 22.0. The van der Waals surface area contributed by atoms with Crippen molar-refractivity contribution in [3.8, 4) is 73.3 Å². The van der Waals surface area contributed by atoms with E-state index in [0.717, 1.165) is 66.3 Å².